The highest BCUT2D eigenvalue weighted by Crippen LogP contribution is 2.23. The van der Waals surface area contributed by atoms with Gasteiger partial charge in [0.1, 0.15) is 12.4 Å². The van der Waals surface area contributed by atoms with Crippen molar-refractivity contribution in [3.05, 3.63) is 59.2 Å². The maximum atomic E-state index is 6.02. The lowest BCUT2D eigenvalue weighted by Gasteiger charge is -2.15. The second-order valence-electron chi connectivity index (χ2n) is 6.75. The zero-order valence-electron chi connectivity index (χ0n) is 15.5. The molecule has 1 saturated heterocycles. The molecule has 0 bridgehead atoms. The third-order valence-corrected chi connectivity index (χ3v) is 4.42. The van der Waals surface area contributed by atoms with Crippen LogP contribution in [0.25, 0.3) is 0 Å². The Balaban J connectivity index is 1.63. The summed E-state index contributed by atoms with van der Waals surface area (Å²) in [6.07, 6.45) is 2.37. The number of anilines is 1. The van der Waals surface area contributed by atoms with Crippen LogP contribution in [0.5, 0.6) is 5.75 Å². The molecule has 2 aromatic rings. The number of benzene rings is 2. The molecule has 1 fully saturated rings. The average Bonchev–Trinajstić information content (AvgIpc) is 3.14. The van der Waals surface area contributed by atoms with Gasteiger partial charge in [0.05, 0.1) is 12.6 Å². The van der Waals surface area contributed by atoms with Crippen molar-refractivity contribution in [3.63, 3.8) is 0 Å². The molecule has 138 valence electrons. The first-order valence-electron chi connectivity index (χ1n) is 9.08. The first-order chi connectivity index (χ1) is 12.6. The molecule has 1 heterocycles. The van der Waals surface area contributed by atoms with Gasteiger partial charge in [-0.25, -0.2) is 4.99 Å². The van der Waals surface area contributed by atoms with E-state index in [9.17, 15) is 0 Å². The smallest absolute Gasteiger partial charge is 0.193 e. The van der Waals surface area contributed by atoms with E-state index < -0.39 is 0 Å². The number of nitrogens with zero attached hydrogens (tertiary/aromatic N) is 1. The Hall–Kier alpha value is -2.53. The summed E-state index contributed by atoms with van der Waals surface area (Å²) >= 11 is 0. The second-order valence-corrected chi connectivity index (χ2v) is 6.75. The number of aliphatic imine (C=N–C) groups is 1. The minimum Gasteiger partial charge on any atom is -0.491 e. The third-order valence-electron chi connectivity index (χ3n) is 4.42. The molecule has 0 saturated carbocycles. The molecule has 0 aromatic heterocycles. The Morgan fingerprint density at radius 3 is 2.69 bits per heavy atom. The molecular weight excluding hydrogens is 326 g/mol. The lowest BCUT2D eigenvalue weighted by Crippen LogP contribution is -2.22. The summed E-state index contributed by atoms with van der Waals surface area (Å²) < 4.78 is 11.6. The molecule has 1 aliphatic heterocycles. The quantitative estimate of drug-likeness (QED) is 0.612. The Kier molecular flexibility index (Phi) is 6.12. The van der Waals surface area contributed by atoms with Gasteiger partial charge in [-0.2, -0.15) is 0 Å². The summed E-state index contributed by atoms with van der Waals surface area (Å²) in [7, 11) is 0. The van der Waals surface area contributed by atoms with Gasteiger partial charge in [0.25, 0.3) is 0 Å². The van der Waals surface area contributed by atoms with E-state index in [1.807, 2.05) is 36.4 Å². The number of ether oxygens (including phenoxy) is 2. The van der Waals surface area contributed by atoms with Crippen molar-refractivity contribution in [1.29, 1.82) is 0 Å². The molecule has 26 heavy (non-hydrogen) atoms. The van der Waals surface area contributed by atoms with Crippen LogP contribution in [0.1, 0.15) is 29.5 Å². The highest BCUT2D eigenvalue weighted by molar-refractivity contribution is 5.92. The van der Waals surface area contributed by atoms with E-state index in [4.69, 9.17) is 15.2 Å². The van der Waals surface area contributed by atoms with E-state index in [1.54, 1.807) is 0 Å². The summed E-state index contributed by atoms with van der Waals surface area (Å²) in [6.45, 7) is 5.99. The van der Waals surface area contributed by atoms with Crippen LogP contribution in [0.3, 0.4) is 0 Å². The molecular formula is C21H27N3O2. The molecule has 5 nitrogen and oxygen atoms in total. The first-order valence-corrected chi connectivity index (χ1v) is 9.08. The second kappa shape index (κ2) is 8.72. The van der Waals surface area contributed by atoms with Crippen LogP contribution in [-0.2, 0) is 11.3 Å². The van der Waals surface area contributed by atoms with Gasteiger partial charge in [0, 0.05) is 17.9 Å². The molecule has 3 rings (SSSR count). The first kappa shape index (κ1) is 18.3. The van der Waals surface area contributed by atoms with Crippen LogP contribution >= 0.6 is 0 Å². The van der Waals surface area contributed by atoms with Crippen LogP contribution in [0, 0.1) is 13.8 Å². The van der Waals surface area contributed by atoms with E-state index in [0.29, 0.717) is 19.1 Å². The Morgan fingerprint density at radius 1 is 1.19 bits per heavy atom. The van der Waals surface area contributed by atoms with Crippen LogP contribution in [-0.4, -0.2) is 25.3 Å². The van der Waals surface area contributed by atoms with Crippen molar-refractivity contribution in [2.75, 3.05) is 18.5 Å². The van der Waals surface area contributed by atoms with E-state index in [2.05, 4.69) is 30.2 Å². The number of hydrogen-bond donors (Lipinski definition) is 2. The van der Waals surface area contributed by atoms with E-state index in [1.165, 1.54) is 5.56 Å². The molecule has 3 N–H and O–H groups in total. The van der Waals surface area contributed by atoms with Crippen LogP contribution in [0.4, 0.5) is 5.69 Å². The van der Waals surface area contributed by atoms with Gasteiger partial charge in [-0.05, 0) is 50.5 Å². The Labute approximate surface area is 155 Å². The van der Waals surface area contributed by atoms with Crippen molar-refractivity contribution >= 4 is 11.6 Å². The normalized spacial score (nSPS) is 17.3. The lowest BCUT2D eigenvalue weighted by atomic mass is 10.1. The SMILES string of the molecule is Cc1ccc(NC(N)=NCc2ccc(C)cc2OCC2CCCO2)cc1. The fraction of sp³-hybridized carbons (Fsp3) is 0.381. The minimum absolute atomic E-state index is 0.195. The molecule has 0 aliphatic carbocycles. The van der Waals surface area contributed by atoms with Crippen molar-refractivity contribution in [1.82, 2.24) is 0 Å². The third kappa shape index (κ3) is 5.23. The molecule has 0 spiro atoms. The van der Waals surface area contributed by atoms with E-state index >= 15 is 0 Å². The monoisotopic (exact) mass is 353 g/mol. The van der Waals surface area contributed by atoms with Gasteiger partial charge in [0.15, 0.2) is 5.96 Å². The summed E-state index contributed by atoms with van der Waals surface area (Å²) in [6, 6.07) is 14.2. The maximum absolute atomic E-state index is 6.02. The summed E-state index contributed by atoms with van der Waals surface area (Å²) in [5.74, 6) is 1.24. The Morgan fingerprint density at radius 2 is 1.96 bits per heavy atom. The molecule has 0 amide bonds. The highest BCUT2D eigenvalue weighted by atomic mass is 16.5. The highest BCUT2D eigenvalue weighted by Gasteiger charge is 2.16. The van der Waals surface area contributed by atoms with Crippen LogP contribution in [0.2, 0.25) is 0 Å². The zero-order valence-corrected chi connectivity index (χ0v) is 15.5. The molecule has 5 heteroatoms. The van der Waals surface area contributed by atoms with Crippen molar-refractivity contribution in [3.8, 4) is 5.75 Å². The predicted octanol–water partition coefficient (Wildman–Crippen LogP) is 3.79. The number of nitrogens with one attached hydrogen (secondary N) is 1. The molecule has 0 radical (unpaired) electrons. The average molecular weight is 353 g/mol. The molecule has 1 unspecified atom stereocenters. The standard InChI is InChI=1S/C21H27N3O2/c1-15-6-9-18(10-7-15)24-21(22)23-13-17-8-5-16(2)12-20(17)26-14-19-4-3-11-25-19/h5-10,12,19H,3-4,11,13-14H2,1-2H3,(H3,22,23,24). The van der Waals surface area contributed by atoms with Crippen LogP contribution < -0.4 is 15.8 Å². The Bertz CT molecular complexity index is 750. The summed E-state index contributed by atoms with van der Waals surface area (Å²) in [5, 5.41) is 3.11. The van der Waals surface area contributed by atoms with Crippen molar-refractivity contribution < 1.29 is 9.47 Å². The van der Waals surface area contributed by atoms with E-state index in [0.717, 1.165) is 42.0 Å². The van der Waals surface area contributed by atoms with Crippen molar-refractivity contribution in [2.24, 2.45) is 10.7 Å². The van der Waals surface area contributed by atoms with E-state index in [-0.39, 0.29) is 6.10 Å². The largest absolute Gasteiger partial charge is 0.491 e. The molecule has 1 atom stereocenters. The number of nitrogens with two attached hydrogens (primary N) is 1. The number of guanidine groups is 1. The number of hydrogen-bond acceptors (Lipinski definition) is 3. The van der Waals surface area contributed by atoms with Gasteiger partial charge >= 0.3 is 0 Å². The van der Waals surface area contributed by atoms with Gasteiger partial charge in [-0.15, -0.1) is 0 Å². The van der Waals surface area contributed by atoms with Gasteiger partial charge in [-0.1, -0.05) is 29.8 Å². The van der Waals surface area contributed by atoms with Crippen LogP contribution in [0.15, 0.2) is 47.5 Å². The number of rotatable bonds is 6. The number of aryl methyl sites for hydroxylation is 2. The van der Waals surface area contributed by atoms with Gasteiger partial charge in [-0.3, -0.25) is 0 Å². The topological polar surface area (TPSA) is 68.9 Å². The zero-order chi connectivity index (χ0) is 18.4. The minimum atomic E-state index is 0.195. The van der Waals surface area contributed by atoms with Gasteiger partial charge in [0.2, 0.25) is 0 Å². The summed E-state index contributed by atoms with van der Waals surface area (Å²) in [5.41, 5.74) is 10.3. The fourth-order valence-corrected chi connectivity index (χ4v) is 2.88. The fourth-order valence-electron chi connectivity index (χ4n) is 2.88. The molecule has 1 aliphatic rings. The molecule has 2 aromatic carbocycles. The summed E-state index contributed by atoms with van der Waals surface area (Å²) in [4.78, 5) is 4.45. The van der Waals surface area contributed by atoms with Gasteiger partial charge < -0.3 is 20.5 Å². The lowest BCUT2D eigenvalue weighted by molar-refractivity contribution is 0.0676. The van der Waals surface area contributed by atoms with Crippen molar-refractivity contribution in [2.45, 2.75) is 39.3 Å². The predicted molar refractivity (Wildman–Crippen MR) is 106 cm³/mol. The maximum Gasteiger partial charge on any atom is 0.193 e.